The molecule has 19 heavy (non-hydrogen) atoms. The highest BCUT2D eigenvalue weighted by molar-refractivity contribution is 6.18. The molecule has 2 unspecified atom stereocenters. The van der Waals surface area contributed by atoms with Crippen molar-refractivity contribution in [3.63, 3.8) is 0 Å². The fourth-order valence-corrected chi connectivity index (χ4v) is 3.13. The van der Waals surface area contributed by atoms with E-state index in [1.165, 1.54) is 6.42 Å². The summed E-state index contributed by atoms with van der Waals surface area (Å²) in [6.07, 6.45) is 1.23. The first-order valence-corrected chi connectivity index (χ1v) is 7.35. The van der Waals surface area contributed by atoms with Crippen LogP contribution in [0.1, 0.15) is 13.3 Å². The standard InChI is InChI=1S/C15H22ClNO2/c1-12-7-8-17(13(12)11-16)9-10-19-15-6-4-3-5-14(15)18-2/h3-6,12-13H,7-11H2,1-2H3. The molecule has 1 aromatic rings. The highest BCUT2D eigenvalue weighted by atomic mass is 35.5. The first-order chi connectivity index (χ1) is 9.26. The van der Waals surface area contributed by atoms with E-state index in [2.05, 4.69) is 11.8 Å². The molecule has 1 aliphatic rings. The third-order valence-electron chi connectivity index (χ3n) is 3.86. The van der Waals surface area contributed by atoms with Crippen molar-refractivity contribution in [3.8, 4) is 11.5 Å². The maximum Gasteiger partial charge on any atom is 0.161 e. The van der Waals surface area contributed by atoms with Crippen molar-refractivity contribution in [1.29, 1.82) is 0 Å². The normalized spacial score (nSPS) is 23.5. The molecule has 0 radical (unpaired) electrons. The minimum Gasteiger partial charge on any atom is -0.493 e. The van der Waals surface area contributed by atoms with Crippen LogP contribution < -0.4 is 9.47 Å². The zero-order valence-corrected chi connectivity index (χ0v) is 12.4. The molecule has 0 N–H and O–H groups in total. The van der Waals surface area contributed by atoms with E-state index in [9.17, 15) is 0 Å². The molecule has 1 fully saturated rings. The van der Waals surface area contributed by atoms with E-state index < -0.39 is 0 Å². The summed E-state index contributed by atoms with van der Waals surface area (Å²) in [4.78, 5) is 2.42. The van der Waals surface area contributed by atoms with E-state index >= 15 is 0 Å². The number of hydrogen-bond donors (Lipinski definition) is 0. The largest absolute Gasteiger partial charge is 0.493 e. The van der Waals surface area contributed by atoms with Gasteiger partial charge in [-0.05, 0) is 31.0 Å². The molecule has 1 aromatic carbocycles. The summed E-state index contributed by atoms with van der Waals surface area (Å²) in [6, 6.07) is 8.23. The molecule has 0 spiro atoms. The van der Waals surface area contributed by atoms with Crippen LogP contribution in [0.15, 0.2) is 24.3 Å². The van der Waals surface area contributed by atoms with Crippen LogP contribution in [0.3, 0.4) is 0 Å². The van der Waals surface area contributed by atoms with Crippen LogP contribution in [-0.4, -0.2) is 43.6 Å². The maximum absolute atomic E-state index is 6.04. The van der Waals surface area contributed by atoms with Crippen LogP contribution in [0, 0.1) is 5.92 Å². The van der Waals surface area contributed by atoms with Gasteiger partial charge in [-0.1, -0.05) is 19.1 Å². The van der Waals surface area contributed by atoms with Gasteiger partial charge in [-0.15, -0.1) is 11.6 Å². The Morgan fingerprint density at radius 1 is 1.32 bits per heavy atom. The zero-order valence-electron chi connectivity index (χ0n) is 11.6. The van der Waals surface area contributed by atoms with E-state index in [1.54, 1.807) is 7.11 Å². The third-order valence-corrected chi connectivity index (χ3v) is 4.18. The highest BCUT2D eigenvalue weighted by Crippen LogP contribution is 2.27. The van der Waals surface area contributed by atoms with Crippen molar-refractivity contribution in [2.45, 2.75) is 19.4 Å². The Hall–Kier alpha value is -0.930. The second-order valence-corrected chi connectivity index (χ2v) is 5.33. The molecule has 1 saturated heterocycles. The van der Waals surface area contributed by atoms with Gasteiger partial charge in [0.05, 0.1) is 7.11 Å². The fraction of sp³-hybridized carbons (Fsp3) is 0.600. The van der Waals surface area contributed by atoms with Gasteiger partial charge in [-0.2, -0.15) is 0 Å². The smallest absolute Gasteiger partial charge is 0.161 e. The molecule has 106 valence electrons. The molecule has 0 saturated carbocycles. The van der Waals surface area contributed by atoms with Crippen molar-refractivity contribution in [1.82, 2.24) is 4.90 Å². The van der Waals surface area contributed by atoms with Crippen LogP contribution in [0.5, 0.6) is 11.5 Å². The number of ether oxygens (including phenoxy) is 2. The maximum atomic E-state index is 6.04. The van der Waals surface area contributed by atoms with Crippen molar-refractivity contribution < 1.29 is 9.47 Å². The van der Waals surface area contributed by atoms with E-state index in [1.807, 2.05) is 24.3 Å². The Kier molecular flexibility index (Phi) is 5.34. The Labute approximate surface area is 120 Å². The van der Waals surface area contributed by atoms with Crippen LogP contribution in [0.2, 0.25) is 0 Å². The van der Waals surface area contributed by atoms with E-state index in [0.717, 1.165) is 24.6 Å². The van der Waals surface area contributed by atoms with Gasteiger partial charge in [0.2, 0.25) is 0 Å². The van der Waals surface area contributed by atoms with Gasteiger partial charge >= 0.3 is 0 Å². The summed E-state index contributed by atoms with van der Waals surface area (Å²) in [6.45, 7) is 4.97. The summed E-state index contributed by atoms with van der Waals surface area (Å²) in [7, 11) is 1.66. The summed E-state index contributed by atoms with van der Waals surface area (Å²) >= 11 is 6.04. The first kappa shape index (κ1) is 14.5. The molecule has 3 nitrogen and oxygen atoms in total. The quantitative estimate of drug-likeness (QED) is 0.749. The number of halogens is 1. The number of likely N-dealkylation sites (tertiary alicyclic amines) is 1. The van der Waals surface area contributed by atoms with Gasteiger partial charge in [-0.3, -0.25) is 4.90 Å². The van der Waals surface area contributed by atoms with E-state index in [0.29, 0.717) is 24.4 Å². The minimum absolute atomic E-state index is 0.489. The number of benzene rings is 1. The lowest BCUT2D eigenvalue weighted by Gasteiger charge is -2.24. The van der Waals surface area contributed by atoms with Crippen molar-refractivity contribution >= 4 is 11.6 Å². The monoisotopic (exact) mass is 283 g/mol. The van der Waals surface area contributed by atoms with Crippen molar-refractivity contribution in [2.24, 2.45) is 5.92 Å². The topological polar surface area (TPSA) is 21.7 Å². The lowest BCUT2D eigenvalue weighted by atomic mass is 10.1. The second-order valence-electron chi connectivity index (χ2n) is 5.02. The Bertz CT molecular complexity index is 399. The van der Waals surface area contributed by atoms with E-state index in [-0.39, 0.29) is 0 Å². The van der Waals surface area contributed by atoms with Gasteiger partial charge in [0, 0.05) is 18.5 Å². The van der Waals surface area contributed by atoms with Crippen LogP contribution in [-0.2, 0) is 0 Å². The Balaban J connectivity index is 1.83. The molecule has 4 heteroatoms. The molecule has 1 heterocycles. The molecule has 0 amide bonds. The molecule has 1 aliphatic heterocycles. The van der Waals surface area contributed by atoms with Gasteiger partial charge in [0.15, 0.2) is 11.5 Å². The summed E-state index contributed by atoms with van der Waals surface area (Å²) in [5.41, 5.74) is 0. The first-order valence-electron chi connectivity index (χ1n) is 6.82. The predicted molar refractivity (Wildman–Crippen MR) is 78.4 cm³/mol. The fourth-order valence-electron chi connectivity index (χ4n) is 2.63. The summed E-state index contributed by atoms with van der Waals surface area (Å²) < 4.78 is 11.1. The predicted octanol–water partition coefficient (Wildman–Crippen LogP) is 3.02. The molecule has 2 atom stereocenters. The second kappa shape index (κ2) is 7.01. The van der Waals surface area contributed by atoms with Gasteiger partial charge in [0.25, 0.3) is 0 Å². The number of nitrogens with zero attached hydrogens (tertiary/aromatic N) is 1. The third kappa shape index (κ3) is 3.54. The van der Waals surface area contributed by atoms with Crippen molar-refractivity contribution in [3.05, 3.63) is 24.3 Å². The molecular formula is C15H22ClNO2. The summed E-state index contributed by atoms with van der Waals surface area (Å²) in [5, 5.41) is 0. The van der Waals surface area contributed by atoms with Crippen molar-refractivity contribution in [2.75, 3.05) is 32.7 Å². The van der Waals surface area contributed by atoms with Gasteiger partial charge in [0.1, 0.15) is 6.61 Å². The molecule has 0 aliphatic carbocycles. The highest BCUT2D eigenvalue weighted by Gasteiger charge is 2.29. The SMILES string of the molecule is COc1ccccc1OCCN1CCC(C)C1CCl. The molecule has 2 rings (SSSR count). The number of methoxy groups -OCH3 is 1. The average molecular weight is 284 g/mol. The lowest BCUT2D eigenvalue weighted by Crippen LogP contribution is -2.36. The number of alkyl halides is 1. The molecular weight excluding hydrogens is 262 g/mol. The number of para-hydroxylation sites is 2. The Morgan fingerprint density at radius 3 is 2.74 bits per heavy atom. The number of hydrogen-bond acceptors (Lipinski definition) is 3. The van der Waals surface area contributed by atoms with Crippen LogP contribution >= 0.6 is 11.6 Å². The average Bonchev–Trinajstić information content (AvgIpc) is 2.79. The molecule has 0 bridgehead atoms. The number of rotatable bonds is 6. The lowest BCUT2D eigenvalue weighted by molar-refractivity contribution is 0.192. The van der Waals surface area contributed by atoms with Gasteiger partial charge in [-0.25, -0.2) is 0 Å². The zero-order chi connectivity index (χ0) is 13.7. The molecule has 0 aromatic heterocycles. The van der Waals surface area contributed by atoms with Gasteiger partial charge < -0.3 is 9.47 Å². The summed E-state index contributed by atoms with van der Waals surface area (Å²) in [5.74, 6) is 2.98. The Morgan fingerprint density at radius 2 is 2.05 bits per heavy atom. The van der Waals surface area contributed by atoms with Crippen LogP contribution in [0.25, 0.3) is 0 Å². The minimum atomic E-state index is 0.489. The van der Waals surface area contributed by atoms with E-state index in [4.69, 9.17) is 21.1 Å². The van der Waals surface area contributed by atoms with Crippen LogP contribution in [0.4, 0.5) is 0 Å².